The molecule has 134 valence electrons. The zero-order valence-electron chi connectivity index (χ0n) is 13.4. The van der Waals surface area contributed by atoms with Crippen LogP contribution in [0, 0.1) is 12.7 Å². The summed E-state index contributed by atoms with van der Waals surface area (Å²) in [5.74, 6) is -0.787. The summed E-state index contributed by atoms with van der Waals surface area (Å²) in [6.07, 6.45) is -7.63. The fourth-order valence-corrected chi connectivity index (χ4v) is 1.86. The standard InChI is InChI=1S/C17H15F4NO3/c1-10-8-13(18)14(9-15(10)24-11(2)17(19,20)21)22-16(23)25-12-6-4-3-5-7-12/h3-9,11H,1-2H3,(H,22,23). The lowest BCUT2D eigenvalue weighted by Gasteiger charge is -2.20. The van der Waals surface area contributed by atoms with Crippen molar-refractivity contribution in [1.29, 1.82) is 0 Å². The van der Waals surface area contributed by atoms with E-state index >= 15 is 0 Å². The van der Waals surface area contributed by atoms with E-state index in [0.29, 0.717) is 0 Å². The lowest BCUT2D eigenvalue weighted by atomic mass is 10.2. The van der Waals surface area contributed by atoms with Crippen molar-refractivity contribution in [3.05, 3.63) is 53.8 Å². The molecule has 1 atom stereocenters. The highest BCUT2D eigenvalue weighted by molar-refractivity contribution is 5.86. The first-order valence-corrected chi connectivity index (χ1v) is 7.24. The van der Waals surface area contributed by atoms with Gasteiger partial charge in [-0.25, -0.2) is 9.18 Å². The normalized spacial score (nSPS) is 12.4. The molecular weight excluding hydrogens is 342 g/mol. The Balaban J connectivity index is 2.15. The number of benzene rings is 2. The number of alkyl halides is 3. The van der Waals surface area contributed by atoms with E-state index in [1.807, 2.05) is 0 Å². The lowest BCUT2D eigenvalue weighted by molar-refractivity contribution is -0.189. The third-order valence-corrected chi connectivity index (χ3v) is 3.22. The fourth-order valence-electron chi connectivity index (χ4n) is 1.86. The second-order valence-corrected chi connectivity index (χ2v) is 5.23. The van der Waals surface area contributed by atoms with Gasteiger partial charge in [-0.1, -0.05) is 18.2 Å². The van der Waals surface area contributed by atoms with E-state index in [9.17, 15) is 22.4 Å². The molecule has 1 unspecified atom stereocenters. The van der Waals surface area contributed by atoms with Crippen molar-refractivity contribution in [2.45, 2.75) is 26.1 Å². The van der Waals surface area contributed by atoms with Gasteiger partial charge in [-0.3, -0.25) is 5.32 Å². The molecule has 0 fully saturated rings. The number of anilines is 1. The van der Waals surface area contributed by atoms with Crippen LogP contribution in [-0.2, 0) is 0 Å². The summed E-state index contributed by atoms with van der Waals surface area (Å²) >= 11 is 0. The summed E-state index contributed by atoms with van der Waals surface area (Å²) in [7, 11) is 0. The maximum Gasteiger partial charge on any atom is 0.425 e. The van der Waals surface area contributed by atoms with Crippen molar-refractivity contribution in [2.75, 3.05) is 5.32 Å². The highest BCUT2D eigenvalue weighted by Gasteiger charge is 2.38. The highest BCUT2D eigenvalue weighted by Crippen LogP contribution is 2.30. The molecular formula is C17H15F4NO3. The smallest absolute Gasteiger partial charge is 0.425 e. The summed E-state index contributed by atoms with van der Waals surface area (Å²) < 4.78 is 61.5. The number of hydrogen-bond donors (Lipinski definition) is 1. The molecule has 0 heterocycles. The Morgan fingerprint density at radius 3 is 2.40 bits per heavy atom. The number of amides is 1. The number of halogens is 4. The van der Waals surface area contributed by atoms with Crippen LogP contribution >= 0.6 is 0 Å². The minimum atomic E-state index is -4.57. The number of aryl methyl sites for hydroxylation is 1. The highest BCUT2D eigenvalue weighted by atomic mass is 19.4. The second kappa shape index (κ2) is 7.42. The average molecular weight is 357 g/mol. The molecule has 25 heavy (non-hydrogen) atoms. The molecule has 0 spiro atoms. The van der Waals surface area contributed by atoms with Crippen molar-refractivity contribution >= 4 is 11.8 Å². The van der Waals surface area contributed by atoms with Crippen LogP contribution in [0.2, 0.25) is 0 Å². The van der Waals surface area contributed by atoms with Gasteiger partial charge in [0.05, 0.1) is 5.69 Å². The zero-order chi connectivity index (χ0) is 18.6. The van der Waals surface area contributed by atoms with E-state index in [-0.39, 0.29) is 22.7 Å². The average Bonchev–Trinajstić information content (AvgIpc) is 2.51. The lowest BCUT2D eigenvalue weighted by Crippen LogP contribution is -2.31. The van der Waals surface area contributed by atoms with E-state index in [1.54, 1.807) is 18.2 Å². The Bertz CT molecular complexity index is 748. The van der Waals surface area contributed by atoms with E-state index in [0.717, 1.165) is 19.1 Å². The van der Waals surface area contributed by atoms with Gasteiger partial charge in [0.25, 0.3) is 0 Å². The van der Waals surface area contributed by atoms with Crippen molar-refractivity contribution in [1.82, 2.24) is 0 Å². The van der Waals surface area contributed by atoms with Crippen LogP contribution in [0.15, 0.2) is 42.5 Å². The van der Waals surface area contributed by atoms with Gasteiger partial charge in [0.2, 0.25) is 0 Å². The Kier molecular flexibility index (Phi) is 5.51. The van der Waals surface area contributed by atoms with Gasteiger partial charge in [-0.05, 0) is 37.6 Å². The van der Waals surface area contributed by atoms with Gasteiger partial charge in [-0.2, -0.15) is 13.2 Å². The molecule has 8 heteroatoms. The van der Waals surface area contributed by atoms with E-state index in [1.165, 1.54) is 19.1 Å². The van der Waals surface area contributed by atoms with Gasteiger partial charge < -0.3 is 9.47 Å². The van der Waals surface area contributed by atoms with Gasteiger partial charge in [0.1, 0.15) is 17.3 Å². The van der Waals surface area contributed by atoms with Crippen molar-refractivity contribution in [3.63, 3.8) is 0 Å². The molecule has 4 nitrogen and oxygen atoms in total. The number of carbonyl (C=O) groups is 1. The Labute approximate surface area is 141 Å². The first-order chi connectivity index (χ1) is 11.7. The molecule has 2 aromatic rings. The van der Waals surface area contributed by atoms with E-state index in [4.69, 9.17) is 9.47 Å². The molecule has 0 saturated carbocycles. The Morgan fingerprint density at radius 1 is 1.16 bits per heavy atom. The topological polar surface area (TPSA) is 47.6 Å². The van der Waals surface area contributed by atoms with Crippen LogP contribution in [0.3, 0.4) is 0 Å². The third kappa shape index (κ3) is 5.10. The summed E-state index contributed by atoms with van der Waals surface area (Å²) in [5.41, 5.74) is -0.188. The van der Waals surface area contributed by atoms with Crippen LogP contribution in [0.4, 0.5) is 28.0 Å². The third-order valence-electron chi connectivity index (χ3n) is 3.22. The first kappa shape index (κ1) is 18.6. The maximum absolute atomic E-state index is 14.0. The largest absolute Gasteiger partial charge is 0.481 e. The predicted molar refractivity (Wildman–Crippen MR) is 83.4 cm³/mol. The molecule has 1 N–H and O–H groups in total. The van der Waals surface area contributed by atoms with Gasteiger partial charge in [-0.15, -0.1) is 0 Å². The summed E-state index contributed by atoms with van der Waals surface area (Å²) in [5, 5.41) is 2.14. The summed E-state index contributed by atoms with van der Waals surface area (Å²) in [6.45, 7) is 2.23. The minimum Gasteiger partial charge on any atom is -0.481 e. The summed E-state index contributed by atoms with van der Waals surface area (Å²) in [4.78, 5) is 11.8. The van der Waals surface area contributed by atoms with E-state index in [2.05, 4.69) is 5.32 Å². The number of hydrogen-bond acceptors (Lipinski definition) is 3. The van der Waals surface area contributed by atoms with Crippen molar-refractivity contribution in [3.8, 4) is 11.5 Å². The van der Waals surface area contributed by atoms with Gasteiger partial charge in [0.15, 0.2) is 6.10 Å². The number of rotatable bonds is 4. The van der Waals surface area contributed by atoms with Gasteiger partial charge in [0, 0.05) is 6.07 Å². The number of ether oxygens (including phenoxy) is 2. The first-order valence-electron chi connectivity index (χ1n) is 7.24. The summed E-state index contributed by atoms with van der Waals surface area (Å²) in [6, 6.07) is 9.99. The minimum absolute atomic E-state index is 0.163. The molecule has 1 amide bonds. The Hall–Kier alpha value is -2.77. The second-order valence-electron chi connectivity index (χ2n) is 5.23. The molecule has 0 aliphatic carbocycles. The zero-order valence-corrected chi connectivity index (χ0v) is 13.4. The van der Waals surface area contributed by atoms with Crippen LogP contribution in [0.5, 0.6) is 11.5 Å². The maximum atomic E-state index is 14.0. The van der Waals surface area contributed by atoms with Crippen LogP contribution in [0.25, 0.3) is 0 Å². The number of carbonyl (C=O) groups excluding carboxylic acids is 1. The quantitative estimate of drug-likeness (QED) is 0.777. The Morgan fingerprint density at radius 2 is 1.80 bits per heavy atom. The molecule has 0 aliphatic heterocycles. The fraction of sp³-hybridized carbons (Fsp3) is 0.235. The van der Waals surface area contributed by atoms with Crippen LogP contribution < -0.4 is 14.8 Å². The number of nitrogens with one attached hydrogen (secondary N) is 1. The van der Waals surface area contributed by atoms with Crippen LogP contribution in [-0.4, -0.2) is 18.4 Å². The molecule has 0 aromatic heterocycles. The monoisotopic (exact) mass is 357 g/mol. The molecule has 2 aromatic carbocycles. The molecule has 0 aliphatic rings. The molecule has 2 rings (SSSR count). The molecule has 0 saturated heterocycles. The van der Waals surface area contributed by atoms with Gasteiger partial charge >= 0.3 is 12.3 Å². The number of para-hydroxylation sites is 1. The SMILES string of the molecule is Cc1cc(F)c(NC(=O)Oc2ccccc2)cc1OC(C)C(F)(F)F. The molecule has 0 bridgehead atoms. The van der Waals surface area contributed by atoms with E-state index < -0.39 is 24.2 Å². The van der Waals surface area contributed by atoms with Crippen LogP contribution in [0.1, 0.15) is 12.5 Å². The predicted octanol–water partition coefficient (Wildman–Crippen LogP) is 5.07. The van der Waals surface area contributed by atoms with Crippen molar-refractivity contribution in [2.24, 2.45) is 0 Å². The molecule has 0 radical (unpaired) electrons. The van der Waals surface area contributed by atoms with Crippen molar-refractivity contribution < 1.29 is 31.8 Å².